The molecule has 2 aromatic heterocycles. The summed E-state index contributed by atoms with van der Waals surface area (Å²) in [6, 6.07) is 12.4. The van der Waals surface area contributed by atoms with Crippen molar-refractivity contribution < 1.29 is 9.18 Å². The molecule has 2 heterocycles. The summed E-state index contributed by atoms with van der Waals surface area (Å²) < 4.78 is 16.6. The van der Waals surface area contributed by atoms with Gasteiger partial charge in [0.1, 0.15) is 5.65 Å². The van der Waals surface area contributed by atoms with Gasteiger partial charge in [0.25, 0.3) is 0 Å². The number of halogens is 2. The molecule has 44 heavy (non-hydrogen) atoms. The van der Waals surface area contributed by atoms with E-state index >= 15 is 4.39 Å². The van der Waals surface area contributed by atoms with Crippen LogP contribution in [-0.4, -0.2) is 44.9 Å². The lowest BCUT2D eigenvalue weighted by Gasteiger charge is -2.15. The molecule has 10 nitrogen and oxygen atoms in total. The zero-order valence-electron chi connectivity index (χ0n) is 24.6. The Kier molecular flexibility index (Phi) is 11.0. The average Bonchev–Trinajstić information content (AvgIpc) is 3.38. The number of primary amides is 1. The van der Waals surface area contributed by atoms with Crippen molar-refractivity contribution in [1.82, 2.24) is 25.2 Å². The Hall–Kier alpha value is -4.32. The summed E-state index contributed by atoms with van der Waals surface area (Å²) in [5.74, 6) is -0.589. The molecule has 2 aromatic carbocycles. The Morgan fingerprint density at radius 3 is 2.66 bits per heavy atom. The van der Waals surface area contributed by atoms with Gasteiger partial charge in [-0.25, -0.2) is 9.18 Å². The number of fused-ring (bicyclic) bond motifs is 1. The van der Waals surface area contributed by atoms with Crippen molar-refractivity contribution in [3.05, 3.63) is 93.8 Å². The number of nitrogens with two attached hydrogens (primary N) is 2. The maximum atomic E-state index is 15.1. The van der Waals surface area contributed by atoms with E-state index in [2.05, 4.69) is 27.2 Å². The van der Waals surface area contributed by atoms with Gasteiger partial charge in [-0.15, -0.1) is 6.58 Å². The highest BCUT2D eigenvalue weighted by Gasteiger charge is 2.16. The fourth-order valence-corrected chi connectivity index (χ4v) is 5.22. The van der Waals surface area contributed by atoms with E-state index in [1.807, 2.05) is 30.3 Å². The second-order valence-electron chi connectivity index (χ2n) is 10.9. The lowest BCUT2D eigenvalue weighted by molar-refractivity contribution is -0.118. The van der Waals surface area contributed by atoms with Crippen molar-refractivity contribution in [2.24, 2.45) is 11.5 Å². The number of H-pyrrole nitrogens is 1. The Labute approximate surface area is 260 Å². The highest BCUT2D eigenvalue weighted by molar-refractivity contribution is 6.31. The number of carbonyl (C=O) groups excluding carboxylic acids is 1. The summed E-state index contributed by atoms with van der Waals surface area (Å²) in [4.78, 5) is 31.3. The maximum absolute atomic E-state index is 15.1. The van der Waals surface area contributed by atoms with E-state index in [1.165, 1.54) is 4.57 Å². The van der Waals surface area contributed by atoms with Gasteiger partial charge in [0.15, 0.2) is 5.82 Å². The molecule has 8 N–H and O–H groups in total. The number of carbonyl (C=O) groups is 1. The fourth-order valence-electron chi connectivity index (χ4n) is 4.98. The van der Waals surface area contributed by atoms with Gasteiger partial charge in [-0.1, -0.05) is 29.8 Å². The van der Waals surface area contributed by atoms with E-state index in [-0.39, 0.29) is 29.1 Å². The summed E-state index contributed by atoms with van der Waals surface area (Å²) in [5.41, 5.74) is 14.2. The van der Waals surface area contributed by atoms with E-state index < -0.39 is 17.4 Å². The largest absolute Gasteiger partial charge is 0.374 e. The van der Waals surface area contributed by atoms with E-state index in [9.17, 15) is 9.59 Å². The molecule has 12 heteroatoms. The average molecular weight is 621 g/mol. The van der Waals surface area contributed by atoms with Crippen LogP contribution < -0.4 is 27.8 Å². The van der Waals surface area contributed by atoms with Gasteiger partial charge in [-0.05, 0) is 74.1 Å². The van der Waals surface area contributed by atoms with Crippen molar-refractivity contribution >= 4 is 34.4 Å². The first-order valence-electron chi connectivity index (χ1n) is 14.4. The quantitative estimate of drug-likeness (QED) is 0.0657. The molecule has 232 valence electrons. The first kappa shape index (κ1) is 32.6. The Morgan fingerprint density at radius 1 is 1.23 bits per heavy atom. The van der Waals surface area contributed by atoms with Crippen molar-refractivity contribution in [2.75, 3.05) is 6.54 Å². The predicted molar refractivity (Wildman–Crippen MR) is 174 cm³/mol. The molecule has 0 radical (unpaired) electrons. The third-order valence-electron chi connectivity index (χ3n) is 7.30. The van der Waals surface area contributed by atoms with Crippen LogP contribution in [0.2, 0.25) is 5.02 Å². The number of nitrogens with one attached hydrogen (secondary N) is 4. The van der Waals surface area contributed by atoms with Crippen molar-refractivity contribution in [3.8, 4) is 16.9 Å². The third kappa shape index (κ3) is 8.62. The number of aromatic amines is 1. The number of amidine groups is 1. The van der Waals surface area contributed by atoms with Gasteiger partial charge in [-0.2, -0.15) is 4.98 Å². The summed E-state index contributed by atoms with van der Waals surface area (Å²) in [6.07, 6.45) is 6.29. The van der Waals surface area contributed by atoms with Crippen molar-refractivity contribution in [3.63, 3.8) is 0 Å². The molecule has 2 atom stereocenters. The molecule has 0 saturated carbocycles. The van der Waals surface area contributed by atoms with Crippen LogP contribution in [0.3, 0.4) is 0 Å². The number of hydrogen-bond acceptors (Lipinski definition) is 6. The molecule has 0 aliphatic heterocycles. The summed E-state index contributed by atoms with van der Waals surface area (Å²) in [7, 11) is 0. The van der Waals surface area contributed by atoms with Crippen LogP contribution >= 0.6 is 11.6 Å². The molecule has 0 aliphatic carbocycles. The number of amides is 1. The SMILES string of the molecule is C=C[C@@H](CCNC(C)=N)NCc1ccc(-n2cc3cc(-c4cc(CCC[C@@H](N)CC(N)=O)cc(Cl)c4F)[nH]c3nc2=O)cc1. The Bertz CT molecular complexity index is 1700. The van der Waals surface area contributed by atoms with Gasteiger partial charge in [0.05, 0.1) is 22.2 Å². The molecule has 0 saturated heterocycles. The van der Waals surface area contributed by atoms with Gasteiger partial charge >= 0.3 is 5.69 Å². The first-order valence-corrected chi connectivity index (χ1v) is 14.8. The minimum absolute atomic E-state index is 0.0164. The normalized spacial score (nSPS) is 12.6. The van der Waals surface area contributed by atoms with Crippen LogP contribution in [0.15, 0.2) is 66.1 Å². The van der Waals surface area contributed by atoms with Crippen molar-refractivity contribution in [1.29, 1.82) is 5.41 Å². The van der Waals surface area contributed by atoms with Crippen LogP contribution in [0.1, 0.15) is 43.7 Å². The van der Waals surface area contributed by atoms with Crippen LogP contribution in [0.25, 0.3) is 28.0 Å². The van der Waals surface area contributed by atoms with E-state index in [4.69, 9.17) is 28.5 Å². The van der Waals surface area contributed by atoms with Crippen LogP contribution in [0, 0.1) is 11.2 Å². The van der Waals surface area contributed by atoms with E-state index in [0.717, 1.165) is 17.5 Å². The standard InChI is InChI=1S/C32H38ClFN8O2/c1-3-24(11-12-38-19(2)35)39-17-20-7-9-25(10-8-20)42-18-22-15-28(40-31(22)41-32(42)44)26-13-21(14-27(33)30(26)34)5-4-6-23(36)16-29(37)43/h3,7-10,13-15,18,23-24,39H,1,4-6,11-12,16-17,36H2,2H3,(H2,35,38)(H2,37,43)(H,40,41,44)/t23-,24+/m1/s1. The molecule has 1 amide bonds. The van der Waals surface area contributed by atoms with E-state index in [0.29, 0.717) is 60.6 Å². The molecule has 0 fully saturated rings. The number of nitrogens with zero attached hydrogens (tertiary/aromatic N) is 2. The van der Waals surface area contributed by atoms with Crippen LogP contribution in [0.5, 0.6) is 0 Å². The molecule has 0 spiro atoms. The van der Waals surface area contributed by atoms with Crippen LogP contribution in [0.4, 0.5) is 4.39 Å². The first-order chi connectivity index (χ1) is 21.0. The zero-order valence-corrected chi connectivity index (χ0v) is 25.4. The number of rotatable bonds is 15. The molecule has 4 aromatic rings. The molecule has 0 bridgehead atoms. The lowest BCUT2D eigenvalue weighted by atomic mass is 10.0. The molecule has 0 unspecified atom stereocenters. The smallest absolute Gasteiger partial charge is 0.354 e. The number of hydrogen-bond donors (Lipinski definition) is 6. The second-order valence-corrected chi connectivity index (χ2v) is 11.3. The molecule has 4 rings (SSSR count). The number of benzene rings is 2. The highest BCUT2D eigenvalue weighted by atomic mass is 35.5. The molecular weight excluding hydrogens is 583 g/mol. The van der Waals surface area contributed by atoms with Crippen molar-refractivity contribution in [2.45, 2.75) is 57.7 Å². The molecule has 0 aliphatic rings. The minimum atomic E-state index is -0.577. The van der Waals surface area contributed by atoms with Gasteiger partial charge in [0, 0.05) is 48.7 Å². The number of aryl methyl sites for hydroxylation is 1. The fraction of sp³-hybridized carbons (Fsp3) is 0.312. The van der Waals surface area contributed by atoms with E-state index in [1.54, 1.807) is 31.3 Å². The maximum Gasteiger partial charge on any atom is 0.354 e. The monoisotopic (exact) mass is 620 g/mol. The summed E-state index contributed by atoms with van der Waals surface area (Å²) >= 11 is 6.24. The number of aromatic nitrogens is 3. The third-order valence-corrected chi connectivity index (χ3v) is 7.58. The predicted octanol–water partition coefficient (Wildman–Crippen LogP) is 4.32. The second kappa shape index (κ2) is 14.9. The van der Waals surface area contributed by atoms with Crippen LogP contribution in [-0.2, 0) is 17.8 Å². The summed E-state index contributed by atoms with van der Waals surface area (Å²) in [5, 5.41) is 14.5. The highest BCUT2D eigenvalue weighted by Crippen LogP contribution is 2.31. The lowest BCUT2D eigenvalue weighted by Crippen LogP contribution is -2.31. The summed E-state index contributed by atoms with van der Waals surface area (Å²) in [6.45, 7) is 6.88. The van der Waals surface area contributed by atoms with Gasteiger partial charge in [-0.3, -0.25) is 14.8 Å². The van der Waals surface area contributed by atoms with Gasteiger partial charge in [0.2, 0.25) is 5.91 Å². The molecular formula is C32H38ClFN8O2. The van der Waals surface area contributed by atoms with Gasteiger partial charge < -0.3 is 27.1 Å². The zero-order chi connectivity index (χ0) is 31.8. The Balaban J connectivity index is 1.49. The Morgan fingerprint density at radius 2 is 1.98 bits per heavy atom. The minimum Gasteiger partial charge on any atom is -0.374 e. The topological polar surface area (TPSA) is 168 Å².